The molecule has 1 rings (SSSR count). The van der Waals surface area contributed by atoms with Crippen molar-refractivity contribution in [2.24, 2.45) is 23.3 Å². The van der Waals surface area contributed by atoms with Gasteiger partial charge in [0, 0.05) is 6.42 Å². The van der Waals surface area contributed by atoms with E-state index < -0.39 is 72.3 Å². The van der Waals surface area contributed by atoms with Crippen molar-refractivity contribution in [2.45, 2.75) is 103 Å². The molecule has 5 amide bonds. The molecule has 0 fully saturated rings. The Labute approximate surface area is 271 Å². The van der Waals surface area contributed by atoms with E-state index in [4.69, 9.17) is 11.5 Å². The number of carboxylic acids is 1. The monoisotopic (exact) mass is 647 g/mol. The summed E-state index contributed by atoms with van der Waals surface area (Å²) in [6.07, 6.45) is 2.43. The van der Waals surface area contributed by atoms with E-state index in [-0.39, 0.29) is 24.7 Å². The van der Waals surface area contributed by atoms with Crippen molar-refractivity contribution in [3.63, 3.8) is 0 Å². The summed E-state index contributed by atoms with van der Waals surface area (Å²) in [5.41, 5.74) is 12.2. The predicted molar refractivity (Wildman–Crippen MR) is 174 cm³/mol. The van der Waals surface area contributed by atoms with Crippen molar-refractivity contribution in [3.05, 3.63) is 35.9 Å². The van der Waals surface area contributed by atoms with Crippen molar-refractivity contribution < 1.29 is 33.9 Å². The van der Waals surface area contributed by atoms with Crippen molar-refractivity contribution in [2.75, 3.05) is 13.1 Å². The first-order valence-electron chi connectivity index (χ1n) is 15.9. The number of amides is 5. The molecule has 0 saturated heterocycles. The third-order valence-electron chi connectivity index (χ3n) is 7.53. The molecular weight excluding hydrogens is 594 g/mol. The molecule has 0 aliphatic heterocycles. The fourth-order valence-electron chi connectivity index (χ4n) is 4.59. The predicted octanol–water partition coefficient (Wildman–Crippen LogP) is -0.0625. The number of carbonyl (C=O) groups excluding carboxylic acids is 5. The minimum Gasteiger partial charge on any atom is -0.480 e. The van der Waals surface area contributed by atoms with Gasteiger partial charge >= 0.3 is 5.97 Å². The highest BCUT2D eigenvalue weighted by atomic mass is 16.4. The van der Waals surface area contributed by atoms with Crippen LogP contribution in [0.4, 0.5) is 0 Å². The van der Waals surface area contributed by atoms with Crippen LogP contribution in [0.2, 0.25) is 0 Å². The number of rotatable bonds is 21. The lowest BCUT2D eigenvalue weighted by Crippen LogP contribution is -2.59. The fraction of sp³-hybridized carbons (Fsp3) is 0.625. The summed E-state index contributed by atoms with van der Waals surface area (Å²) < 4.78 is 0. The molecule has 258 valence electrons. The molecule has 14 nitrogen and oxygen atoms in total. The summed E-state index contributed by atoms with van der Waals surface area (Å²) in [6, 6.07) is 3.90. The van der Waals surface area contributed by atoms with E-state index in [0.717, 1.165) is 5.56 Å². The molecule has 46 heavy (non-hydrogen) atoms. The summed E-state index contributed by atoms with van der Waals surface area (Å²) in [7, 11) is 0. The summed E-state index contributed by atoms with van der Waals surface area (Å²) in [4.78, 5) is 76.2. The Morgan fingerprint density at radius 1 is 0.804 bits per heavy atom. The Hall–Kier alpha value is -4.04. The molecule has 0 spiro atoms. The van der Waals surface area contributed by atoms with E-state index in [1.54, 1.807) is 24.3 Å². The normalized spacial score (nSPS) is 15.0. The van der Waals surface area contributed by atoms with Crippen molar-refractivity contribution in [3.8, 4) is 0 Å². The first-order chi connectivity index (χ1) is 21.7. The summed E-state index contributed by atoms with van der Waals surface area (Å²) >= 11 is 0. The van der Waals surface area contributed by atoms with Gasteiger partial charge in [0.05, 0.1) is 12.6 Å². The minimum absolute atomic E-state index is 0.101. The molecule has 0 aromatic heterocycles. The average Bonchev–Trinajstić information content (AvgIpc) is 3.01. The Morgan fingerprint density at radius 3 is 2.02 bits per heavy atom. The maximum atomic E-state index is 13.5. The highest BCUT2D eigenvalue weighted by Gasteiger charge is 2.32. The van der Waals surface area contributed by atoms with Gasteiger partial charge < -0.3 is 43.2 Å². The Kier molecular flexibility index (Phi) is 18.2. The second kappa shape index (κ2) is 20.9. The maximum absolute atomic E-state index is 13.5. The summed E-state index contributed by atoms with van der Waals surface area (Å²) in [5.74, 6) is -4.36. The third-order valence-corrected chi connectivity index (χ3v) is 7.53. The molecule has 10 N–H and O–H groups in total. The molecule has 0 saturated carbocycles. The second-order valence-electron chi connectivity index (χ2n) is 12.0. The SMILES string of the molecule is CC[C@H](C)[C@H](NC(=O)[C@@H](N)CC(C)C)C(=O)N[C@@H](Cc1ccccc1)C(=O)N[C@@H](C)C(=O)NCC(=O)N[C@@H](CCCCN)C(=O)O. The molecule has 14 heteroatoms. The van der Waals surface area contributed by atoms with Crippen LogP contribution in [0.3, 0.4) is 0 Å². The van der Waals surface area contributed by atoms with Crippen molar-refractivity contribution >= 4 is 35.5 Å². The molecule has 0 heterocycles. The minimum atomic E-state index is -1.20. The zero-order valence-electron chi connectivity index (χ0n) is 27.6. The lowest BCUT2D eigenvalue weighted by Gasteiger charge is -2.28. The zero-order valence-corrected chi connectivity index (χ0v) is 27.6. The highest BCUT2D eigenvalue weighted by Crippen LogP contribution is 2.12. The number of hydrogen-bond acceptors (Lipinski definition) is 8. The first-order valence-corrected chi connectivity index (χ1v) is 15.9. The van der Waals surface area contributed by atoms with Crippen LogP contribution in [-0.4, -0.2) is 83.9 Å². The molecule has 0 aliphatic rings. The molecule has 6 atom stereocenters. The van der Waals surface area contributed by atoms with Crippen LogP contribution in [-0.2, 0) is 35.2 Å². The number of nitrogens with one attached hydrogen (secondary N) is 5. The van der Waals surface area contributed by atoms with E-state index in [1.807, 2.05) is 33.8 Å². The quantitative estimate of drug-likeness (QED) is 0.0833. The standard InChI is InChI=1S/C32H53N7O7/c1-6-20(4)27(39-29(42)23(34)16-19(2)3)31(44)38-25(17-22-12-8-7-9-13-22)30(43)36-21(5)28(41)35-18-26(40)37-24(32(45)46)14-10-11-15-33/h7-9,12-13,19-21,23-25,27H,6,10-11,14-18,33-34H2,1-5H3,(H,35,41)(H,36,43)(H,37,40)(H,38,44)(H,39,42)(H,45,46)/t20-,21-,23-,24-,25-,27-/m0/s1. The van der Waals surface area contributed by atoms with Gasteiger partial charge in [-0.25, -0.2) is 4.79 Å². The van der Waals surface area contributed by atoms with Crippen LogP contribution < -0.4 is 38.1 Å². The van der Waals surface area contributed by atoms with Gasteiger partial charge in [0.25, 0.3) is 0 Å². The largest absolute Gasteiger partial charge is 0.480 e. The van der Waals surface area contributed by atoms with Crippen LogP contribution in [0.5, 0.6) is 0 Å². The number of benzene rings is 1. The molecular formula is C32H53N7O7. The van der Waals surface area contributed by atoms with E-state index in [9.17, 15) is 33.9 Å². The van der Waals surface area contributed by atoms with Gasteiger partial charge in [-0.05, 0) is 56.6 Å². The summed E-state index contributed by atoms with van der Waals surface area (Å²) in [5, 5.41) is 22.2. The van der Waals surface area contributed by atoms with E-state index >= 15 is 0 Å². The lowest BCUT2D eigenvalue weighted by molar-refractivity contribution is -0.142. The van der Waals surface area contributed by atoms with Crippen molar-refractivity contribution in [1.29, 1.82) is 0 Å². The number of carbonyl (C=O) groups is 6. The molecule has 0 unspecified atom stereocenters. The lowest BCUT2D eigenvalue weighted by atomic mass is 9.96. The topological polar surface area (TPSA) is 235 Å². The molecule has 0 bridgehead atoms. The molecule has 1 aromatic carbocycles. The van der Waals surface area contributed by atoms with Gasteiger partial charge in [-0.3, -0.25) is 24.0 Å². The van der Waals surface area contributed by atoms with Gasteiger partial charge in [-0.1, -0.05) is 64.4 Å². The number of nitrogens with two attached hydrogens (primary N) is 2. The summed E-state index contributed by atoms with van der Waals surface area (Å²) in [6.45, 7) is 8.88. The van der Waals surface area contributed by atoms with Crippen LogP contribution in [0.25, 0.3) is 0 Å². The molecule has 1 aromatic rings. The van der Waals surface area contributed by atoms with Gasteiger partial charge in [0.15, 0.2) is 0 Å². The van der Waals surface area contributed by atoms with Crippen LogP contribution in [0, 0.1) is 11.8 Å². The number of unbranched alkanes of at least 4 members (excludes halogenated alkanes) is 1. The highest BCUT2D eigenvalue weighted by molar-refractivity contribution is 5.95. The smallest absolute Gasteiger partial charge is 0.326 e. The number of carboxylic acid groups (broad SMARTS) is 1. The fourth-order valence-corrected chi connectivity index (χ4v) is 4.59. The van der Waals surface area contributed by atoms with Crippen molar-refractivity contribution in [1.82, 2.24) is 26.6 Å². The Balaban J connectivity index is 2.96. The van der Waals surface area contributed by atoms with Gasteiger partial charge in [0.2, 0.25) is 29.5 Å². The molecule has 0 radical (unpaired) electrons. The number of aliphatic carboxylic acids is 1. The van der Waals surface area contributed by atoms with Gasteiger partial charge in [0.1, 0.15) is 24.2 Å². The van der Waals surface area contributed by atoms with Crippen LogP contribution in [0.1, 0.15) is 72.3 Å². The van der Waals surface area contributed by atoms with Crippen LogP contribution >= 0.6 is 0 Å². The third kappa shape index (κ3) is 14.8. The molecule has 0 aliphatic carbocycles. The van der Waals surface area contributed by atoms with E-state index in [0.29, 0.717) is 32.2 Å². The van der Waals surface area contributed by atoms with E-state index in [1.165, 1.54) is 6.92 Å². The zero-order chi connectivity index (χ0) is 34.8. The first kappa shape index (κ1) is 40.0. The maximum Gasteiger partial charge on any atom is 0.326 e. The van der Waals surface area contributed by atoms with Gasteiger partial charge in [-0.2, -0.15) is 0 Å². The van der Waals surface area contributed by atoms with Gasteiger partial charge in [-0.15, -0.1) is 0 Å². The number of hydrogen-bond donors (Lipinski definition) is 8. The van der Waals surface area contributed by atoms with E-state index in [2.05, 4.69) is 26.6 Å². The van der Waals surface area contributed by atoms with Crippen LogP contribution in [0.15, 0.2) is 30.3 Å². The second-order valence-corrected chi connectivity index (χ2v) is 12.0. The Morgan fingerprint density at radius 2 is 1.46 bits per heavy atom. The average molecular weight is 648 g/mol. The Bertz CT molecular complexity index is 1150.